The second kappa shape index (κ2) is 1.85. The molecule has 0 aromatic carbocycles. The van der Waals surface area contributed by atoms with Crippen molar-refractivity contribution >= 4 is 0 Å². The predicted molar refractivity (Wildman–Crippen MR) is 31.9 cm³/mol. The van der Waals surface area contributed by atoms with Gasteiger partial charge in [-0.1, -0.05) is 26.2 Å². The molecule has 0 amide bonds. The fraction of sp³-hybridized carbons (Fsp3) is 0.857. The highest BCUT2D eigenvalue weighted by atomic mass is 14.2. The quantitative estimate of drug-likeness (QED) is 0.435. The van der Waals surface area contributed by atoms with Crippen LogP contribution in [0.5, 0.6) is 0 Å². The lowest BCUT2D eigenvalue weighted by molar-refractivity contribution is 0.500. The Bertz CT molecular complexity index is 49.1. The summed E-state index contributed by atoms with van der Waals surface area (Å²) in [6, 6.07) is 0. The molecule has 0 saturated heterocycles. The molecule has 0 nitrogen and oxygen atoms in total. The van der Waals surface area contributed by atoms with E-state index >= 15 is 0 Å². The van der Waals surface area contributed by atoms with Crippen LogP contribution in [0.15, 0.2) is 0 Å². The molecule has 2 atom stereocenters. The molecule has 0 heteroatoms. The van der Waals surface area contributed by atoms with Crippen molar-refractivity contribution in [2.24, 2.45) is 11.8 Å². The minimum atomic E-state index is 0.764. The summed E-state index contributed by atoms with van der Waals surface area (Å²) in [5.74, 6) is 1.67. The van der Waals surface area contributed by atoms with Gasteiger partial charge in [-0.05, 0) is 18.8 Å². The van der Waals surface area contributed by atoms with Gasteiger partial charge in [0.1, 0.15) is 0 Å². The summed E-state index contributed by atoms with van der Waals surface area (Å²) in [6.45, 7) is 6.31. The van der Waals surface area contributed by atoms with Crippen molar-refractivity contribution in [3.63, 3.8) is 0 Å². The van der Waals surface area contributed by atoms with Gasteiger partial charge in [0.25, 0.3) is 0 Å². The lowest BCUT2D eigenvalue weighted by Gasteiger charge is -2.04. The van der Waals surface area contributed by atoms with Crippen LogP contribution in [0.3, 0.4) is 0 Å². The molecule has 1 aliphatic carbocycles. The molecule has 7 heavy (non-hydrogen) atoms. The molecule has 0 aliphatic heterocycles. The second-order valence-electron chi connectivity index (χ2n) is 2.67. The molecule has 0 spiro atoms. The Morgan fingerprint density at radius 1 is 1.43 bits per heavy atom. The molecule has 0 bridgehead atoms. The number of hydrogen-bond acceptors (Lipinski definition) is 0. The Kier molecular flexibility index (Phi) is 1.36. The van der Waals surface area contributed by atoms with Crippen LogP contribution in [-0.2, 0) is 0 Å². The molecule has 1 rings (SSSR count). The van der Waals surface area contributed by atoms with Crippen molar-refractivity contribution < 1.29 is 0 Å². The fourth-order valence-corrected chi connectivity index (χ4v) is 1.22. The van der Waals surface area contributed by atoms with E-state index in [1.54, 1.807) is 0 Å². The molecule has 1 saturated carbocycles. The van der Waals surface area contributed by atoms with Gasteiger partial charge in [-0.25, -0.2) is 0 Å². The first-order chi connectivity index (χ1) is 3.30. The fourth-order valence-electron chi connectivity index (χ4n) is 1.22. The van der Waals surface area contributed by atoms with E-state index in [1.807, 2.05) is 0 Å². The average molecular weight is 97.2 g/mol. The van der Waals surface area contributed by atoms with E-state index in [-0.39, 0.29) is 0 Å². The first-order valence-corrected chi connectivity index (χ1v) is 3.14. The number of rotatable bonds is 0. The van der Waals surface area contributed by atoms with Gasteiger partial charge in [-0.15, -0.1) is 0 Å². The maximum atomic E-state index is 4.02. The molecular weight excluding hydrogens is 84.1 g/mol. The molecule has 0 aromatic heterocycles. The monoisotopic (exact) mass is 97.1 g/mol. The summed E-state index contributed by atoms with van der Waals surface area (Å²) >= 11 is 0. The van der Waals surface area contributed by atoms with E-state index in [9.17, 15) is 0 Å². The molecule has 1 radical (unpaired) electrons. The standard InChI is InChI=1S/C7H13/c1-6-4-3-5-7(6)2/h6-7H,1,3-5H2,2H3. The molecule has 2 unspecified atom stereocenters. The van der Waals surface area contributed by atoms with E-state index in [4.69, 9.17) is 0 Å². The Hall–Kier alpha value is 0. The summed E-state index contributed by atoms with van der Waals surface area (Å²) in [5.41, 5.74) is 0. The van der Waals surface area contributed by atoms with E-state index in [0.29, 0.717) is 0 Å². The van der Waals surface area contributed by atoms with Crippen molar-refractivity contribution in [3.05, 3.63) is 6.92 Å². The zero-order valence-electron chi connectivity index (χ0n) is 4.98. The molecule has 1 aliphatic rings. The molecule has 1 fully saturated rings. The Labute approximate surface area is 45.9 Å². The van der Waals surface area contributed by atoms with Gasteiger partial charge in [0.15, 0.2) is 0 Å². The van der Waals surface area contributed by atoms with Crippen molar-refractivity contribution in [1.29, 1.82) is 0 Å². The maximum absolute atomic E-state index is 4.02. The smallest absolute Gasteiger partial charge is 0.0388 e. The summed E-state index contributed by atoms with van der Waals surface area (Å²) in [5, 5.41) is 0. The molecule has 0 heterocycles. The van der Waals surface area contributed by atoms with E-state index in [2.05, 4.69) is 13.8 Å². The normalized spacial score (nSPS) is 42.0. The van der Waals surface area contributed by atoms with Gasteiger partial charge in [-0.3, -0.25) is 0 Å². The van der Waals surface area contributed by atoms with Gasteiger partial charge in [0.05, 0.1) is 0 Å². The first kappa shape index (κ1) is 5.14. The first-order valence-electron chi connectivity index (χ1n) is 3.14. The van der Waals surface area contributed by atoms with Crippen molar-refractivity contribution in [2.75, 3.05) is 0 Å². The zero-order valence-corrected chi connectivity index (χ0v) is 4.98. The SMILES string of the molecule is [CH2]C1CCCC1C. The van der Waals surface area contributed by atoms with Crippen LogP contribution in [0, 0.1) is 18.8 Å². The van der Waals surface area contributed by atoms with Gasteiger partial charge < -0.3 is 0 Å². The van der Waals surface area contributed by atoms with E-state index in [0.717, 1.165) is 11.8 Å². The number of hydrogen-bond donors (Lipinski definition) is 0. The third-order valence-corrected chi connectivity index (χ3v) is 2.04. The summed E-state index contributed by atoms with van der Waals surface area (Å²) in [7, 11) is 0. The average Bonchev–Trinajstić information content (AvgIpc) is 1.91. The van der Waals surface area contributed by atoms with Gasteiger partial charge in [-0.2, -0.15) is 0 Å². The summed E-state index contributed by atoms with van der Waals surface area (Å²) < 4.78 is 0. The minimum Gasteiger partial charge on any atom is -0.0622 e. The van der Waals surface area contributed by atoms with Crippen LogP contribution in [0.25, 0.3) is 0 Å². The van der Waals surface area contributed by atoms with Gasteiger partial charge >= 0.3 is 0 Å². The van der Waals surface area contributed by atoms with Crippen LogP contribution in [0.2, 0.25) is 0 Å². The van der Waals surface area contributed by atoms with Crippen LogP contribution in [0.4, 0.5) is 0 Å². The largest absolute Gasteiger partial charge is 0.0622 e. The third-order valence-electron chi connectivity index (χ3n) is 2.04. The molecular formula is C7H13. The molecule has 0 aromatic rings. The highest BCUT2D eigenvalue weighted by Gasteiger charge is 2.17. The van der Waals surface area contributed by atoms with Crippen molar-refractivity contribution in [1.82, 2.24) is 0 Å². The lowest BCUT2D eigenvalue weighted by atomic mass is 10.0. The van der Waals surface area contributed by atoms with E-state index in [1.165, 1.54) is 19.3 Å². The van der Waals surface area contributed by atoms with Crippen LogP contribution in [-0.4, -0.2) is 0 Å². The van der Waals surface area contributed by atoms with Gasteiger partial charge in [0.2, 0.25) is 0 Å². The second-order valence-corrected chi connectivity index (χ2v) is 2.67. The summed E-state index contributed by atoms with van der Waals surface area (Å²) in [4.78, 5) is 0. The van der Waals surface area contributed by atoms with Crippen molar-refractivity contribution in [2.45, 2.75) is 26.2 Å². The van der Waals surface area contributed by atoms with Crippen LogP contribution < -0.4 is 0 Å². The highest BCUT2D eigenvalue weighted by Crippen LogP contribution is 2.29. The van der Waals surface area contributed by atoms with E-state index < -0.39 is 0 Å². The zero-order chi connectivity index (χ0) is 5.28. The minimum absolute atomic E-state index is 0.764. The topological polar surface area (TPSA) is 0 Å². The molecule has 0 N–H and O–H groups in total. The van der Waals surface area contributed by atoms with Crippen LogP contribution in [0.1, 0.15) is 26.2 Å². The molecule has 41 valence electrons. The maximum Gasteiger partial charge on any atom is -0.0388 e. The predicted octanol–water partition coefficient (Wildman–Crippen LogP) is 2.26. The Morgan fingerprint density at radius 2 is 2.14 bits per heavy atom. The third kappa shape index (κ3) is 0.960. The van der Waals surface area contributed by atoms with Crippen LogP contribution >= 0.6 is 0 Å². The lowest BCUT2D eigenvalue weighted by Crippen LogP contribution is -1.96. The Balaban J connectivity index is 2.33. The Morgan fingerprint density at radius 3 is 2.29 bits per heavy atom. The van der Waals surface area contributed by atoms with Gasteiger partial charge in [0, 0.05) is 0 Å². The highest BCUT2D eigenvalue weighted by molar-refractivity contribution is 4.74. The van der Waals surface area contributed by atoms with Crippen molar-refractivity contribution in [3.8, 4) is 0 Å². The summed E-state index contributed by atoms with van der Waals surface area (Å²) in [6.07, 6.45) is 4.19.